The summed E-state index contributed by atoms with van der Waals surface area (Å²) in [4.78, 5) is 28.1. The first kappa shape index (κ1) is 23.9. The average molecular weight is 468 g/mol. The highest BCUT2D eigenvalue weighted by molar-refractivity contribution is 5.95. The summed E-state index contributed by atoms with van der Waals surface area (Å²) < 4.78 is 75.5. The lowest BCUT2D eigenvalue weighted by atomic mass is 10.2. The number of carbonyl (C=O) groups is 2. The van der Waals surface area contributed by atoms with E-state index < -0.39 is 41.4 Å². The zero-order chi connectivity index (χ0) is 24.2. The van der Waals surface area contributed by atoms with Gasteiger partial charge in [-0.3, -0.25) is 9.59 Å². The van der Waals surface area contributed by atoms with Gasteiger partial charge in [-0.1, -0.05) is 6.07 Å². The summed E-state index contributed by atoms with van der Waals surface area (Å²) in [6.07, 6.45) is -4.87. The fraction of sp³-hybridized carbons (Fsp3) is 0.227. The van der Waals surface area contributed by atoms with Gasteiger partial charge in [0.25, 0.3) is 5.91 Å². The Balaban J connectivity index is 1.52. The average Bonchev–Trinajstić information content (AvgIpc) is 3.20. The van der Waals surface area contributed by atoms with Crippen molar-refractivity contribution < 1.29 is 40.7 Å². The van der Waals surface area contributed by atoms with Crippen LogP contribution in [0.2, 0.25) is 0 Å². The zero-order valence-corrected chi connectivity index (χ0v) is 17.1. The van der Waals surface area contributed by atoms with E-state index in [2.05, 4.69) is 10.3 Å². The minimum atomic E-state index is -4.57. The maximum absolute atomic E-state index is 13.8. The number of aryl methyl sites for hydroxylation is 1. The van der Waals surface area contributed by atoms with Crippen LogP contribution < -0.4 is 5.32 Å². The number of carbonyl (C=O) groups excluding carboxylic acids is 2. The molecule has 1 amide bonds. The molecule has 6 nitrogen and oxygen atoms in total. The molecule has 174 valence electrons. The van der Waals surface area contributed by atoms with Gasteiger partial charge in [-0.15, -0.1) is 0 Å². The third-order valence-electron chi connectivity index (χ3n) is 4.43. The number of alkyl halides is 3. The Hall–Kier alpha value is -3.76. The van der Waals surface area contributed by atoms with Crippen LogP contribution in [0.4, 0.5) is 27.6 Å². The van der Waals surface area contributed by atoms with E-state index >= 15 is 0 Å². The molecule has 0 aliphatic carbocycles. The number of oxazole rings is 1. The number of anilines is 1. The standard InChI is InChI=1S/C22H17F5N2O4/c1-12(21(31)29-15-4-2-3-13(9-15)22(25,26)27)32-20(30)8-7-19-28-11-18(33-19)16-6-5-14(23)10-17(16)24/h2-6,9-12H,7-8H2,1H3,(H,29,31). The molecular formula is C22H17F5N2O4. The van der Waals surface area contributed by atoms with Crippen LogP contribution in [0.5, 0.6) is 0 Å². The number of esters is 1. The lowest BCUT2D eigenvalue weighted by Crippen LogP contribution is -2.30. The highest BCUT2D eigenvalue weighted by atomic mass is 19.4. The van der Waals surface area contributed by atoms with Crippen molar-refractivity contribution in [2.24, 2.45) is 0 Å². The molecule has 1 aromatic heterocycles. The van der Waals surface area contributed by atoms with E-state index in [0.717, 1.165) is 24.3 Å². The first-order chi connectivity index (χ1) is 15.5. The smallest absolute Gasteiger partial charge is 0.416 e. The van der Waals surface area contributed by atoms with Gasteiger partial charge in [0, 0.05) is 18.2 Å². The molecule has 1 unspecified atom stereocenters. The van der Waals surface area contributed by atoms with Gasteiger partial charge in [-0.25, -0.2) is 13.8 Å². The molecule has 0 aliphatic rings. The van der Waals surface area contributed by atoms with Gasteiger partial charge in [0.15, 0.2) is 17.8 Å². The molecule has 1 heterocycles. The number of rotatable bonds is 7. The fourth-order valence-corrected chi connectivity index (χ4v) is 2.78. The molecule has 0 spiro atoms. The number of hydrogen-bond acceptors (Lipinski definition) is 5. The van der Waals surface area contributed by atoms with Gasteiger partial charge in [0.1, 0.15) is 11.6 Å². The summed E-state index contributed by atoms with van der Waals surface area (Å²) in [6.45, 7) is 1.27. The van der Waals surface area contributed by atoms with Crippen molar-refractivity contribution >= 4 is 17.6 Å². The number of aromatic nitrogens is 1. The maximum atomic E-state index is 13.8. The minimum Gasteiger partial charge on any atom is -0.453 e. The van der Waals surface area contributed by atoms with Gasteiger partial charge >= 0.3 is 12.1 Å². The molecule has 3 aromatic rings. The molecule has 0 radical (unpaired) electrons. The van der Waals surface area contributed by atoms with Crippen molar-refractivity contribution in [3.63, 3.8) is 0 Å². The van der Waals surface area contributed by atoms with Gasteiger partial charge in [0.05, 0.1) is 23.7 Å². The predicted molar refractivity (Wildman–Crippen MR) is 106 cm³/mol. The Bertz CT molecular complexity index is 1160. The Morgan fingerprint density at radius 3 is 2.61 bits per heavy atom. The number of nitrogens with zero attached hydrogens (tertiary/aromatic N) is 1. The molecular weight excluding hydrogens is 451 g/mol. The van der Waals surface area contributed by atoms with E-state index in [1.54, 1.807) is 0 Å². The summed E-state index contributed by atoms with van der Waals surface area (Å²) in [5.41, 5.74) is -1.04. The van der Waals surface area contributed by atoms with Crippen LogP contribution in [-0.4, -0.2) is 23.0 Å². The van der Waals surface area contributed by atoms with Crippen molar-refractivity contribution in [2.75, 3.05) is 5.32 Å². The van der Waals surface area contributed by atoms with E-state index in [1.165, 1.54) is 25.3 Å². The van der Waals surface area contributed by atoms with Crippen LogP contribution >= 0.6 is 0 Å². The third kappa shape index (κ3) is 6.37. The summed E-state index contributed by atoms with van der Waals surface area (Å²) in [5, 5.41) is 2.25. The minimum absolute atomic E-state index is 0.00221. The monoisotopic (exact) mass is 468 g/mol. The number of halogens is 5. The quantitative estimate of drug-likeness (QED) is 0.384. The van der Waals surface area contributed by atoms with Gasteiger partial charge < -0.3 is 14.5 Å². The highest BCUT2D eigenvalue weighted by Gasteiger charge is 2.30. The van der Waals surface area contributed by atoms with E-state index in [4.69, 9.17) is 9.15 Å². The molecule has 1 atom stereocenters. The molecule has 0 saturated heterocycles. The van der Waals surface area contributed by atoms with Crippen LogP contribution in [0.1, 0.15) is 24.8 Å². The van der Waals surface area contributed by atoms with Crippen molar-refractivity contribution in [3.8, 4) is 11.3 Å². The maximum Gasteiger partial charge on any atom is 0.416 e. The van der Waals surface area contributed by atoms with Crippen LogP contribution in [0.3, 0.4) is 0 Å². The Morgan fingerprint density at radius 2 is 1.91 bits per heavy atom. The van der Waals surface area contributed by atoms with Crippen molar-refractivity contribution in [1.29, 1.82) is 0 Å². The summed E-state index contributed by atoms with van der Waals surface area (Å²) in [7, 11) is 0. The zero-order valence-electron chi connectivity index (χ0n) is 17.1. The largest absolute Gasteiger partial charge is 0.453 e. The van der Waals surface area contributed by atoms with Gasteiger partial charge in [-0.2, -0.15) is 13.2 Å². The Kier molecular flexibility index (Phi) is 7.10. The Morgan fingerprint density at radius 1 is 1.15 bits per heavy atom. The van der Waals surface area contributed by atoms with Crippen LogP contribution in [0, 0.1) is 11.6 Å². The topological polar surface area (TPSA) is 81.4 Å². The number of ether oxygens (including phenoxy) is 1. The lowest BCUT2D eigenvalue weighted by Gasteiger charge is -2.14. The fourth-order valence-electron chi connectivity index (χ4n) is 2.78. The number of benzene rings is 2. The number of hydrogen-bond donors (Lipinski definition) is 1. The molecule has 1 N–H and O–H groups in total. The summed E-state index contributed by atoms with van der Waals surface area (Å²) in [5.74, 6) is -3.04. The first-order valence-electron chi connectivity index (χ1n) is 9.60. The molecule has 11 heteroatoms. The molecule has 0 saturated carbocycles. The lowest BCUT2D eigenvalue weighted by molar-refractivity contribution is -0.153. The summed E-state index contributed by atoms with van der Waals surface area (Å²) in [6, 6.07) is 6.97. The van der Waals surface area contributed by atoms with Crippen LogP contribution in [0.15, 0.2) is 53.1 Å². The second kappa shape index (κ2) is 9.80. The SMILES string of the molecule is CC(OC(=O)CCc1ncc(-c2ccc(F)cc2F)o1)C(=O)Nc1cccc(C(F)(F)F)c1. The number of nitrogens with one attached hydrogen (secondary N) is 1. The van der Waals surface area contributed by atoms with E-state index in [-0.39, 0.29) is 35.7 Å². The molecule has 0 aliphatic heterocycles. The molecule has 0 fully saturated rings. The van der Waals surface area contributed by atoms with Gasteiger partial charge in [0.2, 0.25) is 0 Å². The number of amides is 1. The second-order valence-electron chi connectivity index (χ2n) is 6.94. The van der Waals surface area contributed by atoms with E-state index in [1.807, 2.05) is 0 Å². The van der Waals surface area contributed by atoms with Crippen LogP contribution in [-0.2, 0) is 26.9 Å². The second-order valence-corrected chi connectivity index (χ2v) is 6.94. The summed E-state index contributed by atoms with van der Waals surface area (Å²) >= 11 is 0. The molecule has 3 rings (SSSR count). The highest BCUT2D eigenvalue weighted by Crippen LogP contribution is 2.30. The van der Waals surface area contributed by atoms with Crippen molar-refractivity contribution in [2.45, 2.75) is 32.0 Å². The first-order valence-corrected chi connectivity index (χ1v) is 9.60. The van der Waals surface area contributed by atoms with Crippen LogP contribution in [0.25, 0.3) is 11.3 Å². The van der Waals surface area contributed by atoms with E-state index in [0.29, 0.717) is 6.07 Å². The Labute approximate surface area is 184 Å². The third-order valence-corrected chi connectivity index (χ3v) is 4.43. The molecule has 0 bridgehead atoms. The van der Waals surface area contributed by atoms with Crippen molar-refractivity contribution in [1.82, 2.24) is 4.98 Å². The normalized spacial score (nSPS) is 12.3. The van der Waals surface area contributed by atoms with Crippen molar-refractivity contribution in [3.05, 3.63) is 71.8 Å². The van der Waals surface area contributed by atoms with E-state index in [9.17, 15) is 31.5 Å². The predicted octanol–water partition coefficient (Wildman–Crippen LogP) is 5.14. The molecule has 2 aromatic carbocycles. The molecule has 33 heavy (non-hydrogen) atoms. The van der Waals surface area contributed by atoms with Gasteiger partial charge in [-0.05, 0) is 37.3 Å².